The second-order valence-electron chi connectivity index (χ2n) is 9.41. The van der Waals surface area contributed by atoms with Crippen molar-refractivity contribution in [2.24, 2.45) is 22.8 Å². The number of Topliss-reactive ketones (excluding diaryl/α,β-unsaturated/α-hetero) is 1. The van der Waals surface area contributed by atoms with Gasteiger partial charge in [-0.05, 0) is 46.1 Å². The number of ketones is 1. The minimum Gasteiger partial charge on any atom is -0.345 e. The summed E-state index contributed by atoms with van der Waals surface area (Å²) < 4.78 is 0. The van der Waals surface area contributed by atoms with Crippen LogP contribution in [-0.2, 0) is 9.59 Å². The zero-order valence-corrected chi connectivity index (χ0v) is 17.9. The molecule has 0 radical (unpaired) electrons. The van der Waals surface area contributed by atoms with Crippen molar-refractivity contribution >= 4 is 11.7 Å². The van der Waals surface area contributed by atoms with E-state index < -0.39 is 17.7 Å². The fraction of sp³-hybridized carbons (Fsp3) is 0.895. The fourth-order valence-electron chi connectivity index (χ4n) is 2.63. The highest BCUT2D eigenvalue weighted by atomic mass is 16.2. The predicted molar refractivity (Wildman–Crippen MR) is 107 cm³/mol. The van der Waals surface area contributed by atoms with E-state index in [1.165, 1.54) is 0 Å². The van der Waals surface area contributed by atoms with Gasteiger partial charge in [0.25, 0.3) is 0 Å². The van der Waals surface area contributed by atoms with Crippen LogP contribution in [0.5, 0.6) is 0 Å². The van der Waals surface area contributed by atoms with Gasteiger partial charge in [0.15, 0.2) is 5.78 Å². The van der Waals surface area contributed by atoms with E-state index in [0.717, 1.165) is 0 Å². The summed E-state index contributed by atoms with van der Waals surface area (Å²) in [5.41, 5.74) is 10.2. The van der Waals surface area contributed by atoms with Crippen molar-refractivity contribution in [3.05, 3.63) is 0 Å². The minimum atomic E-state index is -0.581. The van der Waals surface area contributed by atoms with Crippen LogP contribution in [0, 0.1) is 11.3 Å². The van der Waals surface area contributed by atoms with E-state index in [9.17, 15) is 9.59 Å². The van der Waals surface area contributed by atoms with Crippen LogP contribution >= 0.6 is 0 Å². The molecule has 0 heterocycles. The Hall–Kier alpha value is -1.02. The van der Waals surface area contributed by atoms with Gasteiger partial charge in [0.1, 0.15) is 6.29 Å². The van der Waals surface area contributed by atoms with E-state index in [2.05, 4.69) is 16.0 Å². The molecule has 0 bridgehead atoms. The zero-order valence-electron chi connectivity index (χ0n) is 17.9. The molecule has 7 N–H and O–H groups in total. The SMILES string of the molecule is CC(C)[C@H](NC(C)(C)C)C(=O)N[C@@H](CCCNC(N)N)C(=O)C(C)(C)C. The summed E-state index contributed by atoms with van der Waals surface area (Å²) in [6.45, 7) is 16.3. The maximum Gasteiger partial charge on any atom is 0.237 e. The third-order valence-electron chi connectivity index (χ3n) is 3.96. The Bertz CT molecular complexity index is 450. The molecule has 1 amide bonds. The number of hydrogen-bond acceptors (Lipinski definition) is 6. The molecule has 0 fully saturated rings. The molecule has 7 heteroatoms. The summed E-state index contributed by atoms with van der Waals surface area (Å²) >= 11 is 0. The monoisotopic (exact) mass is 371 g/mol. The lowest BCUT2D eigenvalue weighted by Crippen LogP contribution is -2.57. The third kappa shape index (κ3) is 10.2. The van der Waals surface area contributed by atoms with Crippen molar-refractivity contribution < 1.29 is 9.59 Å². The first-order valence-corrected chi connectivity index (χ1v) is 9.52. The summed E-state index contributed by atoms with van der Waals surface area (Å²) in [5.74, 6) is -0.00121. The van der Waals surface area contributed by atoms with Crippen molar-refractivity contribution in [2.45, 2.75) is 92.1 Å². The number of nitrogens with one attached hydrogen (secondary N) is 3. The van der Waals surface area contributed by atoms with Gasteiger partial charge in [0, 0.05) is 11.0 Å². The summed E-state index contributed by atoms with van der Waals surface area (Å²) in [6.07, 6.45) is 0.654. The summed E-state index contributed by atoms with van der Waals surface area (Å²) in [4.78, 5) is 25.7. The minimum absolute atomic E-state index is 0.0289. The molecule has 0 rings (SSSR count). The smallest absolute Gasteiger partial charge is 0.237 e. The number of carbonyl (C=O) groups is 2. The molecule has 0 unspecified atom stereocenters. The van der Waals surface area contributed by atoms with Crippen molar-refractivity contribution in [1.82, 2.24) is 16.0 Å². The second-order valence-corrected chi connectivity index (χ2v) is 9.41. The molecule has 0 aromatic rings. The molecule has 0 aliphatic rings. The molecule has 26 heavy (non-hydrogen) atoms. The quantitative estimate of drug-likeness (QED) is 0.289. The van der Waals surface area contributed by atoms with E-state index in [0.29, 0.717) is 19.4 Å². The van der Waals surface area contributed by atoms with Gasteiger partial charge in [-0.15, -0.1) is 0 Å². The first-order valence-electron chi connectivity index (χ1n) is 9.52. The summed E-state index contributed by atoms with van der Waals surface area (Å²) in [7, 11) is 0. The highest BCUT2D eigenvalue weighted by Crippen LogP contribution is 2.19. The largest absolute Gasteiger partial charge is 0.345 e. The van der Waals surface area contributed by atoms with Crippen molar-refractivity contribution in [2.75, 3.05) is 6.54 Å². The highest BCUT2D eigenvalue weighted by Gasteiger charge is 2.33. The van der Waals surface area contributed by atoms with E-state index >= 15 is 0 Å². The van der Waals surface area contributed by atoms with Gasteiger partial charge >= 0.3 is 0 Å². The lowest BCUT2D eigenvalue weighted by molar-refractivity contribution is -0.134. The standard InChI is InChI=1S/C19H41N5O2/c1-12(2)14(24-19(6,7)8)16(26)23-13(15(25)18(3,4)5)10-9-11-22-17(20)21/h12-14,17,22,24H,9-11,20-21H2,1-8H3,(H,23,26)/t13-,14-/m0/s1. The van der Waals surface area contributed by atoms with Gasteiger partial charge in [0.2, 0.25) is 5.91 Å². The average molecular weight is 372 g/mol. The Morgan fingerprint density at radius 1 is 1.00 bits per heavy atom. The molecule has 0 aliphatic carbocycles. The molecule has 2 atom stereocenters. The molecule has 0 spiro atoms. The van der Waals surface area contributed by atoms with E-state index in [4.69, 9.17) is 11.5 Å². The van der Waals surface area contributed by atoms with Crippen LogP contribution in [-0.4, -0.2) is 42.1 Å². The molecule has 0 saturated carbocycles. The molecular weight excluding hydrogens is 330 g/mol. The number of carbonyl (C=O) groups excluding carboxylic acids is 2. The van der Waals surface area contributed by atoms with Gasteiger partial charge < -0.3 is 22.1 Å². The predicted octanol–water partition coefficient (Wildman–Crippen LogP) is 1.07. The maximum atomic E-state index is 12.9. The van der Waals surface area contributed by atoms with Crippen LogP contribution < -0.4 is 27.4 Å². The molecular formula is C19H41N5O2. The Balaban J connectivity index is 5.12. The van der Waals surface area contributed by atoms with Crippen LogP contribution in [0.1, 0.15) is 68.2 Å². The van der Waals surface area contributed by atoms with E-state index in [1.807, 2.05) is 55.4 Å². The normalized spacial score (nSPS) is 15.2. The summed E-state index contributed by atoms with van der Waals surface area (Å²) in [5, 5.41) is 9.25. The first-order chi connectivity index (χ1) is 11.6. The first kappa shape index (κ1) is 25.0. The van der Waals surface area contributed by atoms with E-state index in [-0.39, 0.29) is 29.2 Å². The number of nitrogens with two attached hydrogens (primary N) is 2. The molecule has 0 aromatic carbocycles. The molecule has 154 valence electrons. The number of hydrogen-bond donors (Lipinski definition) is 5. The van der Waals surface area contributed by atoms with Crippen molar-refractivity contribution in [1.29, 1.82) is 0 Å². The zero-order chi connectivity index (χ0) is 20.7. The van der Waals surface area contributed by atoms with Gasteiger partial charge in [-0.3, -0.25) is 14.9 Å². The summed E-state index contributed by atoms with van der Waals surface area (Å²) in [6, 6.07) is -0.887. The van der Waals surface area contributed by atoms with Gasteiger partial charge in [0.05, 0.1) is 12.1 Å². The number of amides is 1. The Morgan fingerprint density at radius 3 is 1.92 bits per heavy atom. The topological polar surface area (TPSA) is 122 Å². The fourth-order valence-corrected chi connectivity index (χ4v) is 2.63. The molecule has 0 aromatic heterocycles. The van der Waals surface area contributed by atoms with Crippen LogP contribution in [0.3, 0.4) is 0 Å². The van der Waals surface area contributed by atoms with Crippen molar-refractivity contribution in [3.8, 4) is 0 Å². The van der Waals surface area contributed by atoms with Crippen LogP contribution in [0.25, 0.3) is 0 Å². The van der Waals surface area contributed by atoms with Gasteiger partial charge in [-0.25, -0.2) is 0 Å². The van der Waals surface area contributed by atoms with Crippen molar-refractivity contribution in [3.63, 3.8) is 0 Å². The second kappa shape index (κ2) is 10.3. The molecule has 7 nitrogen and oxygen atoms in total. The van der Waals surface area contributed by atoms with Crippen LogP contribution in [0.4, 0.5) is 0 Å². The van der Waals surface area contributed by atoms with Crippen LogP contribution in [0.2, 0.25) is 0 Å². The Morgan fingerprint density at radius 2 is 1.54 bits per heavy atom. The Labute approximate surface area is 159 Å². The average Bonchev–Trinajstić information content (AvgIpc) is 2.44. The van der Waals surface area contributed by atoms with Gasteiger partial charge in [-0.1, -0.05) is 34.6 Å². The Kier molecular flexibility index (Phi) is 9.94. The third-order valence-corrected chi connectivity index (χ3v) is 3.96. The maximum absolute atomic E-state index is 12.9. The van der Waals surface area contributed by atoms with Crippen LogP contribution in [0.15, 0.2) is 0 Å². The number of rotatable bonds is 10. The molecule has 0 saturated heterocycles. The van der Waals surface area contributed by atoms with E-state index in [1.54, 1.807) is 0 Å². The lowest BCUT2D eigenvalue weighted by Gasteiger charge is -2.32. The lowest BCUT2D eigenvalue weighted by atomic mass is 9.84. The van der Waals surface area contributed by atoms with Gasteiger partial charge in [-0.2, -0.15) is 0 Å². The molecule has 0 aliphatic heterocycles. The highest BCUT2D eigenvalue weighted by molar-refractivity contribution is 5.93.